The number of hydrogen-bond donors (Lipinski definition) is 1. The van der Waals surface area contributed by atoms with Gasteiger partial charge in [-0.05, 0) is 45.3 Å². The minimum Gasteiger partial charge on any atom is -0.314 e. The molecule has 0 amide bonds. The summed E-state index contributed by atoms with van der Waals surface area (Å²) in [5.74, 6) is 0.890. The lowest BCUT2D eigenvalue weighted by atomic mass is 9.90. The molecule has 0 bridgehead atoms. The largest absolute Gasteiger partial charge is 0.314 e. The topological polar surface area (TPSA) is 18.5 Å². The van der Waals surface area contributed by atoms with Gasteiger partial charge < -0.3 is 10.2 Å². The number of likely N-dealkylation sites (tertiary alicyclic amines) is 1. The van der Waals surface area contributed by atoms with Crippen LogP contribution in [0.3, 0.4) is 0 Å². The molecule has 2 fully saturated rings. The molecule has 0 saturated carbocycles. The van der Waals surface area contributed by atoms with Crippen LogP contribution in [0.5, 0.6) is 0 Å². The molecular weight excluding hydrogens is 210 g/mol. The van der Waals surface area contributed by atoms with Gasteiger partial charge in [0.15, 0.2) is 0 Å². The van der Waals surface area contributed by atoms with Crippen LogP contribution in [0.4, 0.5) is 0 Å². The maximum absolute atomic E-state index is 4.29. The van der Waals surface area contributed by atoms with E-state index >= 15 is 0 Å². The van der Waals surface area contributed by atoms with Gasteiger partial charge in [0.05, 0.1) is 0 Å². The van der Waals surface area contributed by atoms with Gasteiger partial charge in [-0.25, -0.2) is 0 Å². The fourth-order valence-electron chi connectivity index (χ4n) is 2.92. The fourth-order valence-corrected chi connectivity index (χ4v) is 2.92. The molecule has 2 rings (SSSR count). The van der Waals surface area contributed by atoms with Gasteiger partial charge in [0.2, 0.25) is 0 Å². The van der Waals surface area contributed by atoms with Crippen molar-refractivity contribution in [3.8, 4) is 0 Å². The van der Waals surface area contributed by atoms with E-state index in [2.05, 4.69) is 28.7 Å². The molecule has 0 aromatic heterocycles. The zero-order chi connectivity index (χ0) is 12.1. The molecule has 0 unspecified atom stereocenters. The van der Waals surface area contributed by atoms with Gasteiger partial charge in [-0.15, -0.1) is 0 Å². The summed E-state index contributed by atoms with van der Waals surface area (Å²) in [7, 11) is 2.23. The van der Waals surface area contributed by atoms with Crippen LogP contribution in [0, 0.1) is 5.92 Å². The van der Waals surface area contributed by atoms with Crippen molar-refractivity contribution < 1.29 is 0 Å². The third-order valence-electron chi connectivity index (χ3n) is 4.07. The molecule has 0 spiro atoms. The molecule has 2 saturated heterocycles. The summed E-state index contributed by atoms with van der Waals surface area (Å²) in [4.78, 5) is 4.98. The lowest BCUT2D eigenvalue weighted by molar-refractivity contribution is 0.212. The lowest BCUT2D eigenvalue weighted by Crippen LogP contribution is -2.44. The van der Waals surface area contributed by atoms with Gasteiger partial charge in [-0.3, -0.25) is 4.90 Å². The summed E-state index contributed by atoms with van der Waals surface area (Å²) in [6.07, 6.45) is 3.96. The van der Waals surface area contributed by atoms with Gasteiger partial charge >= 0.3 is 0 Å². The summed E-state index contributed by atoms with van der Waals surface area (Å²) in [5, 5.41) is 3.40. The summed E-state index contributed by atoms with van der Waals surface area (Å²) >= 11 is 0. The number of piperazine rings is 1. The summed E-state index contributed by atoms with van der Waals surface area (Å²) in [6.45, 7) is 12.6. The number of piperidine rings is 1. The van der Waals surface area contributed by atoms with Crippen LogP contribution in [-0.2, 0) is 0 Å². The molecule has 3 nitrogen and oxygen atoms in total. The van der Waals surface area contributed by atoms with Crippen molar-refractivity contribution in [2.24, 2.45) is 5.92 Å². The van der Waals surface area contributed by atoms with E-state index in [1.54, 1.807) is 0 Å². The van der Waals surface area contributed by atoms with E-state index in [4.69, 9.17) is 0 Å². The number of rotatable bonds is 4. The number of nitrogens with one attached hydrogen (secondary N) is 1. The van der Waals surface area contributed by atoms with Crippen LogP contribution in [0.2, 0.25) is 0 Å². The molecule has 0 aromatic rings. The fraction of sp³-hybridized carbons (Fsp3) is 0.857. The Kier molecular flexibility index (Phi) is 5.01. The zero-order valence-corrected chi connectivity index (χ0v) is 11.2. The molecule has 98 valence electrons. The van der Waals surface area contributed by atoms with E-state index in [0.29, 0.717) is 0 Å². The standard InChI is InChI=1S/C14H27N3/c1-13(12-17-9-5-15-6-10-17)11-14-3-7-16(2)8-4-14/h14-15H,1,3-12H2,2H3. The Morgan fingerprint density at radius 2 is 1.82 bits per heavy atom. The van der Waals surface area contributed by atoms with E-state index < -0.39 is 0 Å². The van der Waals surface area contributed by atoms with Crippen molar-refractivity contribution in [3.05, 3.63) is 12.2 Å². The van der Waals surface area contributed by atoms with Crippen LogP contribution in [-0.4, -0.2) is 62.7 Å². The Balaban J connectivity index is 1.66. The second-order valence-corrected chi connectivity index (χ2v) is 5.73. The molecule has 2 heterocycles. The average molecular weight is 237 g/mol. The normalized spacial score (nSPS) is 25.0. The first kappa shape index (κ1) is 13.1. The SMILES string of the molecule is C=C(CC1CCN(C)CC1)CN1CCNCC1. The quantitative estimate of drug-likeness (QED) is 0.741. The molecule has 2 aliphatic heterocycles. The van der Waals surface area contributed by atoms with Crippen LogP contribution in [0.15, 0.2) is 12.2 Å². The maximum atomic E-state index is 4.29. The van der Waals surface area contributed by atoms with E-state index in [1.165, 1.54) is 51.0 Å². The van der Waals surface area contributed by atoms with Crippen LogP contribution in [0.25, 0.3) is 0 Å². The first-order chi connectivity index (χ1) is 8.24. The summed E-state index contributed by atoms with van der Waals surface area (Å²) < 4.78 is 0. The van der Waals surface area contributed by atoms with E-state index in [-0.39, 0.29) is 0 Å². The van der Waals surface area contributed by atoms with Crippen molar-refractivity contribution in [3.63, 3.8) is 0 Å². The van der Waals surface area contributed by atoms with Crippen LogP contribution in [0.1, 0.15) is 19.3 Å². The minimum atomic E-state index is 0.890. The zero-order valence-electron chi connectivity index (χ0n) is 11.2. The summed E-state index contributed by atoms with van der Waals surface area (Å²) in [6, 6.07) is 0. The number of nitrogens with zero attached hydrogens (tertiary/aromatic N) is 2. The van der Waals surface area contributed by atoms with Crippen molar-refractivity contribution in [2.75, 3.05) is 52.9 Å². The monoisotopic (exact) mass is 237 g/mol. The average Bonchev–Trinajstić information content (AvgIpc) is 2.33. The lowest BCUT2D eigenvalue weighted by Gasteiger charge is -2.31. The van der Waals surface area contributed by atoms with Crippen molar-refractivity contribution in [1.29, 1.82) is 0 Å². The van der Waals surface area contributed by atoms with Crippen molar-refractivity contribution >= 4 is 0 Å². The molecule has 0 aromatic carbocycles. The smallest absolute Gasteiger partial charge is 0.0191 e. The second-order valence-electron chi connectivity index (χ2n) is 5.73. The predicted molar refractivity (Wildman–Crippen MR) is 73.3 cm³/mol. The molecule has 0 atom stereocenters. The predicted octanol–water partition coefficient (Wildman–Crippen LogP) is 1.18. The Morgan fingerprint density at radius 3 is 2.47 bits per heavy atom. The van der Waals surface area contributed by atoms with E-state index in [9.17, 15) is 0 Å². The molecule has 0 radical (unpaired) electrons. The van der Waals surface area contributed by atoms with E-state index in [1.807, 2.05) is 0 Å². The van der Waals surface area contributed by atoms with Crippen molar-refractivity contribution in [1.82, 2.24) is 15.1 Å². The Morgan fingerprint density at radius 1 is 1.18 bits per heavy atom. The van der Waals surface area contributed by atoms with Gasteiger partial charge in [-0.1, -0.05) is 12.2 Å². The summed E-state index contributed by atoms with van der Waals surface area (Å²) in [5.41, 5.74) is 1.45. The molecule has 3 heteroatoms. The Labute approximate surface area is 106 Å². The van der Waals surface area contributed by atoms with Crippen LogP contribution >= 0.6 is 0 Å². The minimum absolute atomic E-state index is 0.890. The third kappa shape index (κ3) is 4.41. The highest BCUT2D eigenvalue weighted by Gasteiger charge is 2.18. The highest BCUT2D eigenvalue weighted by molar-refractivity contribution is 5.00. The first-order valence-electron chi connectivity index (χ1n) is 7.02. The highest BCUT2D eigenvalue weighted by atomic mass is 15.2. The molecule has 2 aliphatic rings. The van der Waals surface area contributed by atoms with Gasteiger partial charge in [0, 0.05) is 32.7 Å². The van der Waals surface area contributed by atoms with E-state index in [0.717, 1.165) is 25.6 Å². The molecule has 17 heavy (non-hydrogen) atoms. The highest BCUT2D eigenvalue weighted by Crippen LogP contribution is 2.23. The van der Waals surface area contributed by atoms with Crippen molar-refractivity contribution in [2.45, 2.75) is 19.3 Å². The first-order valence-corrected chi connectivity index (χ1v) is 7.02. The van der Waals surface area contributed by atoms with Gasteiger partial charge in [0.25, 0.3) is 0 Å². The van der Waals surface area contributed by atoms with Gasteiger partial charge in [0.1, 0.15) is 0 Å². The maximum Gasteiger partial charge on any atom is 0.0191 e. The Bertz CT molecular complexity index is 238. The van der Waals surface area contributed by atoms with Crippen LogP contribution < -0.4 is 5.32 Å². The molecule has 0 aliphatic carbocycles. The second kappa shape index (κ2) is 6.53. The Hall–Kier alpha value is -0.380. The molecular formula is C14H27N3. The van der Waals surface area contributed by atoms with Gasteiger partial charge in [-0.2, -0.15) is 0 Å². The molecule has 1 N–H and O–H groups in total. The third-order valence-corrected chi connectivity index (χ3v) is 4.07. The number of hydrogen-bond acceptors (Lipinski definition) is 3.